The summed E-state index contributed by atoms with van der Waals surface area (Å²) in [6.07, 6.45) is 0. The van der Waals surface area contributed by atoms with E-state index in [9.17, 15) is 9.59 Å². The Morgan fingerprint density at radius 2 is 1.77 bits per heavy atom. The fraction of sp³-hybridized carbons (Fsp3) is 0.111. The minimum Gasteiger partial charge on any atom is -0.461 e. The fourth-order valence-corrected chi connectivity index (χ4v) is 2.46. The monoisotopic (exact) mass is 371 g/mol. The van der Waals surface area contributed by atoms with Crippen LogP contribution in [0.2, 0.25) is 5.02 Å². The largest absolute Gasteiger partial charge is 0.461 e. The Labute approximate surface area is 153 Å². The zero-order valence-corrected chi connectivity index (χ0v) is 14.5. The van der Waals surface area contributed by atoms with Crippen molar-refractivity contribution in [3.05, 3.63) is 64.8 Å². The molecule has 26 heavy (non-hydrogen) atoms. The van der Waals surface area contributed by atoms with Crippen LogP contribution < -0.4 is 4.74 Å². The molecule has 0 fully saturated rings. The van der Waals surface area contributed by atoms with Crippen LogP contribution in [0, 0.1) is 0 Å². The van der Waals surface area contributed by atoms with Crippen LogP contribution >= 0.6 is 11.6 Å². The van der Waals surface area contributed by atoms with E-state index in [2.05, 4.69) is 15.4 Å². The lowest BCUT2D eigenvalue weighted by Gasteiger charge is -2.06. The molecule has 1 N–H and O–H groups in total. The number of carbonyl (C=O) groups excluding carboxylic acids is 2. The van der Waals surface area contributed by atoms with Gasteiger partial charge in [0, 0.05) is 5.56 Å². The number of carbonyl (C=O) groups is 2. The van der Waals surface area contributed by atoms with Crippen molar-refractivity contribution in [3.63, 3.8) is 0 Å². The van der Waals surface area contributed by atoms with Crippen molar-refractivity contribution in [2.24, 2.45) is 0 Å². The van der Waals surface area contributed by atoms with Crippen LogP contribution in [0.1, 0.15) is 27.8 Å². The molecule has 0 aliphatic heterocycles. The van der Waals surface area contributed by atoms with Gasteiger partial charge in [0.25, 0.3) is 0 Å². The number of nitrogens with one attached hydrogen (secondary N) is 1. The number of hydrogen-bond donors (Lipinski definition) is 1. The molecule has 0 bridgehead atoms. The molecule has 8 heteroatoms. The van der Waals surface area contributed by atoms with Gasteiger partial charge in [-0.05, 0) is 43.3 Å². The number of esters is 2. The summed E-state index contributed by atoms with van der Waals surface area (Å²) in [7, 11) is 0. The SMILES string of the molecule is CCOC(=O)c1n[nH]nc1-c1ccc(OC(=O)c2ccccc2Cl)cc1. The maximum absolute atomic E-state index is 12.2. The Kier molecular flexibility index (Phi) is 5.28. The molecule has 0 saturated carbocycles. The molecule has 7 nitrogen and oxygen atoms in total. The number of benzene rings is 2. The van der Waals surface area contributed by atoms with Crippen LogP contribution in [0.25, 0.3) is 11.3 Å². The minimum atomic E-state index is -0.564. The Hall–Kier alpha value is -3.19. The van der Waals surface area contributed by atoms with Crippen LogP contribution in [-0.4, -0.2) is 34.0 Å². The highest BCUT2D eigenvalue weighted by atomic mass is 35.5. The van der Waals surface area contributed by atoms with E-state index in [1.54, 1.807) is 55.5 Å². The summed E-state index contributed by atoms with van der Waals surface area (Å²) >= 11 is 5.99. The normalized spacial score (nSPS) is 10.4. The van der Waals surface area contributed by atoms with Crippen molar-refractivity contribution in [2.75, 3.05) is 6.61 Å². The number of rotatable bonds is 5. The minimum absolute atomic E-state index is 0.0904. The number of ether oxygens (including phenoxy) is 2. The zero-order valence-electron chi connectivity index (χ0n) is 13.7. The van der Waals surface area contributed by atoms with E-state index in [-0.39, 0.29) is 17.9 Å². The van der Waals surface area contributed by atoms with Crippen LogP contribution in [0.5, 0.6) is 5.75 Å². The molecule has 3 aromatic rings. The van der Waals surface area contributed by atoms with Gasteiger partial charge in [-0.2, -0.15) is 10.3 Å². The fourth-order valence-electron chi connectivity index (χ4n) is 2.24. The predicted octanol–water partition coefficient (Wildman–Crippen LogP) is 3.52. The Morgan fingerprint density at radius 1 is 1.04 bits per heavy atom. The number of aromatic amines is 1. The molecule has 1 heterocycles. The maximum atomic E-state index is 12.2. The van der Waals surface area contributed by atoms with Gasteiger partial charge in [-0.15, -0.1) is 5.10 Å². The number of nitrogens with zero attached hydrogens (tertiary/aromatic N) is 2. The van der Waals surface area contributed by atoms with Gasteiger partial charge >= 0.3 is 11.9 Å². The van der Waals surface area contributed by atoms with Crippen molar-refractivity contribution >= 4 is 23.5 Å². The molecule has 0 spiro atoms. The highest BCUT2D eigenvalue weighted by molar-refractivity contribution is 6.33. The Morgan fingerprint density at radius 3 is 2.46 bits per heavy atom. The van der Waals surface area contributed by atoms with Crippen molar-refractivity contribution in [3.8, 4) is 17.0 Å². The summed E-state index contributed by atoms with van der Waals surface area (Å²) < 4.78 is 10.3. The quantitative estimate of drug-likeness (QED) is 0.544. The molecule has 0 saturated heterocycles. The molecule has 0 aliphatic rings. The van der Waals surface area contributed by atoms with Crippen molar-refractivity contribution in [2.45, 2.75) is 6.92 Å². The molecule has 0 aliphatic carbocycles. The molecule has 132 valence electrons. The van der Waals surface area contributed by atoms with E-state index in [1.165, 1.54) is 0 Å². The van der Waals surface area contributed by atoms with Gasteiger partial charge in [-0.25, -0.2) is 9.59 Å². The first kappa shape index (κ1) is 17.6. The molecule has 1 aromatic heterocycles. The van der Waals surface area contributed by atoms with Crippen LogP contribution in [-0.2, 0) is 4.74 Å². The summed E-state index contributed by atoms with van der Waals surface area (Å²) in [5, 5.41) is 10.5. The van der Waals surface area contributed by atoms with E-state index < -0.39 is 11.9 Å². The standard InChI is InChI=1S/C18H14ClN3O4/c1-2-25-18(24)16-15(20-22-21-16)11-7-9-12(10-8-11)26-17(23)13-5-3-4-6-14(13)19/h3-10H,2H2,1H3,(H,20,21,22). The van der Waals surface area contributed by atoms with E-state index in [1.807, 2.05) is 0 Å². The van der Waals surface area contributed by atoms with E-state index in [0.29, 0.717) is 22.0 Å². The van der Waals surface area contributed by atoms with Gasteiger partial charge in [0.2, 0.25) is 0 Å². The second-order valence-electron chi connectivity index (χ2n) is 5.14. The highest BCUT2D eigenvalue weighted by Crippen LogP contribution is 2.24. The summed E-state index contributed by atoms with van der Waals surface area (Å²) in [6.45, 7) is 1.95. The lowest BCUT2D eigenvalue weighted by atomic mass is 10.1. The average Bonchev–Trinajstić information content (AvgIpc) is 3.13. The highest BCUT2D eigenvalue weighted by Gasteiger charge is 2.19. The van der Waals surface area contributed by atoms with E-state index in [0.717, 1.165) is 0 Å². The second kappa shape index (κ2) is 7.79. The molecule has 3 rings (SSSR count). The average molecular weight is 372 g/mol. The van der Waals surface area contributed by atoms with Crippen LogP contribution in [0.15, 0.2) is 48.5 Å². The van der Waals surface area contributed by atoms with Gasteiger partial charge in [0.05, 0.1) is 17.2 Å². The molecule has 2 aromatic carbocycles. The van der Waals surface area contributed by atoms with Crippen molar-refractivity contribution < 1.29 is 19.1 Å². The van der Waals surface area contributed by atoms with Crippen LogP contribution in [0.4, 0.5) is 0 Å². The van der Waals surface area contributed by atoms with Crippen molar-refractivity contribution in [1.82, 2.24) is 15.4 Å². The Bertz CT molecular complexity index is 938. The number of aromatic nitrogens is 3. The lowest BCUT2D eigenvalue weighted by molar-refractivity contribution is 0.0520. The summed E-state index contributed by atoms with van der Waals surface area (Å²) in [4.78, 5) is 24.0. The van der Waals surface area contributed by atoms with Gasteiger partial charge < -0.3 is 9.47 Å². The van der Waals surface area contributed by atoms with E-state index >= 15 is 0 Å². The molecule has 0 radical (unpaired) electrons. The number of hydrogen-bond acceptors (Lipinski definition) is 6. The molecular weight excluding hydrogens is 358 g/mol. The van der Waals surface area contributed by atoms with Gasteiger partial charge in [0.1, 0.15) is 11.4 Å². The first-order valence-electron chi connectivity index (χ1n) is 7.75. The van der Waals surface area contributed by atoms with Gasteiger partial charge in [0.15, 0.2) is 5.69 Å². The third-order valence-electron chi connectivity index (χ3n) is 3.45. The third-order valence-corrected chi connectivity index (χ3v) is 3.78. The first-order chi connectivity index (χ1) is 12.6. The zero-order chi connectivity index (χ0) is 18.5. The smallest absolute Gasteiger partial charge is 0.361 e. The second-order valence-corrected chi connectivity index (χ2v) is 5.54. The molecule has 0 atom stereocenters. The molecule has 0 amide bonds. The topological polar surface area (TPSA) is 94.2 Å². The maximum Gasteiger partial charge on any atom is 0.361 e. The molecular formula is C18H14ClN3O4. The first-order valence-corrected chi connectivity index (χ1v) is 8.13. The predicted molar refractivity (Wildman–Crippen MR) is 94.2 cm³/mol. The number of halogens is 1. The lowest BCUT2D eigenvalue weighted by Crippen LogP contribution is -2.09. The van der Waals surface area contributed by atoms with Gasteiger partial charge in [-0.3, -0.25) is 0 Å². The Balaban J connectivity index is 1.78. The third kappa shape index (κ3) is 3.73. The van der Waals surface area contributed by atoms with E-state index in [4.69, 9.17) is 21.1 Å². The number of H-pyrrole nitrogens is 1. The van der Waals surface area contributed by atoms with Gasteiger partial charge in [-0.1, -0.05) is 23.7 Å². The van der Waals surface area contributed by atoms with Crippen LogP contribution in [0.3, 0.4) is 0 Å². The summed E-state index contributed by atoms with van der Waals surface area (Å²) in [6, 6.07) is 13.1. The van der Waals surface area contributed by atoms with Crippen molar-refractivity contribution in [1.29, 1.82) is 0 Å². The summed E-state index contributed by atoms with van der Waals surface area (Å²) in [5.74, 6) is -0.790. The molecule has 0 unspecified atom stereocenters. The summed E-state index contributed by atoms with van der Waals surface area (Å²) in [5.41, 5.74) is 1.35.